The van der Waals surface area contributed by atoms with Gasteiger partial charge in [0.2, 0.25) is 5.91 Å². The Hall–Kier alpha value is -0.570. The van der Waals surface area contributed by atoms with E-state index in [9.17, 15) is 4.79 Å². The molecule has 1 amide bonds. The van der Waals surface area contributed by atoms with Crippen LogP contribution in [-0.2, 0) is 4.79 Å². The van der Waals surface area contributed by atoms with E-state index in [0.717, 1.165) is 26.1 Å². The van der Waals surface area contributed by atoms with Gasteiger partial charge >= 0.3 is 0 Å². The number of amides is 1. The Labute approximate surface area is 85.8 Å². The Balaban J connectivity index is 1.92. The number of nitrogens with zero attached hydrogens (tertiary/aromatic N) is 1. The molecular weight excluding hydrogens is 176 g/mol. The highest BCUT2D eigenvalue weighted by Gasteiger charge is 2.52. The fourth-order valence-electron chi connectivity index (χ4n) is 2.24. The molecule has 1 aliphatic carbocycles. The molecule has 1 aliphatic heterocycles. The van der Waals surface area contributed by atoms with Crippen molar-refractivity contribution in [1.29, 1.82) is 0 Å². The Bertz CT molecular complexity index is 250. The molecule has 1 heterocycles. The standard InChI is InChI=1S/C11H20N2O/c1-8-7-13(5-4-12-8)10(14)9-6-11(9,2)3/h8-9,12H,4-7H2,1-3H3/t8-,9?/m0/s1. The average molecular weight is 196 g/mol. The second-order valence-corrected chi connectivity index (χ2v) is 5.38. The summed E-state index contributed by atoms with van der Waals surface area (Å²) in [5, 5.41) is 3.35. The first-order valence-corrected chi connectivity index (χ1v) is 5.53. The molecule has 80 valence electrons. The first kappa shape index (κ1) is 9.97. The lowest BCUT2D eigenvalue weighted by atomic mass is 10.1. The quantitative estimate of drug-likeness (QED) is 0.674. The molecule has 1 saturated heterocycles. The van der Waals surface area contributed by atoms with Crippen molar-refractivity contribution in [1.82, 2.24) is 10.2 Å². The summed E-state index contributed by atoms with van der Waals surface area (Å²) >= 11 is 0. The van der Waals surface area contributed by atoms with Crippen LogP contribution in [0.2, 0.25) is 0 Å². The molecule has 3 heteroatoms. The van der Waals surface area contributed by atoms with Crippen molar-refractivity contribution in [2.75, 3.05) is 19.6 Å². The van der Waals surface area contributed by atoms with Gasteiger partial charge in [-0.15, -0.1) is 0 Å². The zero-order chi connectivity index (χ0) is 10.3. The summed E-state index contributed by atoms with van der Waals surface area (Å²) in [5.74, 6) is 0.677. The van der Waals surface area contributed by atoms with E-state index in [0.29, 0.717) is 17.9 Å². The van der Waals surface area contributed by atoms with Gasteiger partial charge in [0.1, 0.15) is 0 Å². The van der Waals surface area contributed by atoms with Crippen LogP contribution in [0.3, 0.4) is 0 Å². The normalized spacial score (nSPS) is 35.5. The lowest BCUT2D eigenvalue weighted by Crippen LogP contribution is -2.52. The van der Waals surface area contributed by atoms with Crippen LogP contribution < -0.4 is 5.32 Å². The monoisotopic (exact) mass is 196 g/mol. The third-order valence-electron chi connectivity index (χ3n) is 3.49. The second-order valence-electron chi connectivity index (χ2n) is 5.38. The van der Waals surface area contributed by atoms with Crippen LogP contribution in [0.25, 0.3) is 0 Å². The van der Waals surface area contributed by atoms with Gasteiger partial charge in [0.05, 0.1) is 0 Å². The summed E-state index contributed by atoms with van der Waals surface area (Å²) in [6.45, 7) is 9.21. The predicted molar refractivity (Wildman–Crippen MR) is 55.9 cm³/mol. The lowest BCUT2D eigenvalue weighted by Gasteiger charge is -2.32. The molecule has 1 saturated carbocycles. The summed E-state index contributed by atoms with van der Waals surface area (Å²) in [7, 11) is 0. The number of nitrogens with one attached hydrogen (secondary N) is 1. The first-order valence-electron chi connectivity index (χ1n) is 5.53. The fourth-order valence-corrected chi connectivity index (χ4v) is 2.24. The van der Waals surface area contributed by atoms with Gasteiger partial charge in [0.15, 0.2) is 0 Å². The SMILES string of the molecule is C[C@H]1CN(C(=O)C2CC2(C)C)CCN1. The van der Waals surface area contributed by atoms with E-state index >= 15 is 0 Å². The minimum absolute atomic E-state index is 0.269. The molecule has 1 N–H and O–H groups in total. The number of hydrogen-bond donors (Lipinski definition) is 1. The van der Waals surface area contributed by atoms with Gasteiger partial charge in [-0.25, -0.2) is 0 Å². The van der Waals surface area contributed by atoms with Crippen LogP contribution in [0.4, 0.5) is 0 Å². The Kier molecular flexibility index (Phi) is 2.30. The van der Waals surface area contributed by atoms with E-state index in [2.05, 4.69) is 26.1 Å². The van der Waals surface area contributed by atoms with Crippen LogP contribution in [0.15, 0.2) is 0 Å². The molecule has 0 bridgehead atoms. The van der Waals surface area contributed by atoms with E-state index in [-0.39, 0.29) is 5.41 Å². The summed E-state index contributed by atoms with van der Waals surface area (Å²) in [5.41, 5.74) is 0.269. The molecule has 2 atom stereocenters. The smallest absolute Gasteiger partial charge is 0.226 e. The molecule has 14 heavy (non-hydrogen) atoms. The van der Waals surface area contributed by atoms with E-state index in [1.165, 1.54) is 0 Å². The third-order valence-corrected chi connectivity index (χ3v) is 3.49. The van der Waals surface area contributed by atoms with Crippen LogP contribution >= 0.6 is 0 Å². The van der Waals surface area contributed by atoms with E-state index in [1.807, 2.05) is 4.90 Å². The molecule has 2 aliphatic rings. The molecule has 0 aromatic rings. The zero-order valence-electron chi connectivity index (χ0n) is 9.34. The second kappa shape index (κ2) is 3.23. The van der Waals surface area contributed by atoms with Crippen LogP contribution in [0.5, 0.6) is 0 Å². The molecule has 0 aromatic heterocycles. The van der Waals surface area contributed by atoms with Crippen LogP contribution in [0, 0.1) is 11.3 Å². The summed E-state index contributed by atoms with van der Waals surface area (Å²) in [4.78, 5) is 14.0. The maximum absolute atomic E-state index is 12.0. The number of rotatable bonds is 1. The molecular formula is C11H20N2O. The Morgan fingerprint density at radius 1 is 1.50 bits per heavy atom. The predicted octanol–water partition coefficient (Wildman–Crippen LogP) is 0.853. The molecule has 0 spiro atoms. The lowest BCUT2D eigenvalue weighted by molar-refractivity contribution is -0.134. The first-order chi connectivity index (χ1) is 6.50. The highest BCUT2D eigenvalue weighted by Crippen LogP contribution is 2.52. The Morgan fingerprint density at radius 3 is 2.64 bits per heavy atom. The van der Waals surface area contributed by atoms with Gasteiger partial charge in [-0.05, 0) is 18.8 Å². The molecule has 1 unspecified atom stereocenters. The van der Waals surface area contributed by atoms with E-state index < -0.39 is 0 Å². The zero-order valence-corrected chi connectivity index (χ0v) is 9.34. The van der Waals surface area contributed by atoms with E-state index in [1.54, 1.807) is 0 Å². The average Bonchev–Trinajstić information content (AvgIpc) is 2.74. The fraction of sp³-hybridized carbons (Fsp3) is 0.909. The van der Waals surface area contributed by atoms with Crippen molar-refractivity contribution in [3.63, 3.8) is 0 Å². The topological polar surface area (TPSA) is 32.3 Å². The van der Waals surface area contributed by atoms with Crippen molar-refractivity contribution in [2.24, 2.45) is 11.3 Å². The van der Waals surface area contributed by atoms with Gasteiger partial charge in [-0.2, -0.15) is 0 Å². The van der Waals surface area contributed by atoms with Crippen molar-refractivity contribution < 1.29 is 4.79 Å². The van der Waals surface area contributed by atoms with Crippen LogP contribution in [0.1, 0.15) is 27.2 Å². The number of hydrogen-bond acceptors (Lipinski definition) is 2. The van der Waals surface area contributed by atoms with Gasteiger partial charge in [0.25, 0.3) is 0 Å². The molecule has 0 aromatic carbocycles. The molecule has 3 nitrogen and oxygen atoms in total. The molecule has 2 fully saturated rings. The van der Waals surface area contributed by atoms with Crippen LogP contribution in [-0.4, -0.2) is 36.5 Å². The highest BCUT2D eigenvalue weighted by molar-refractivity contribution is 5.82. The van der Waals surface area contributed by atoms with Crippen molar-refractivity contribution in [3.8, 4) is 0 Å². The number of carbonyl (C=O) groups is 1. The van der Waals surface area contributed by atoms with Crippen molar-refractivity contribution >= 4 is 5.91 Å². The number of piperazine rings is 1. The third kappa shape index (κ3) is 1.78. The van der Waals surface area contributed by atoms with Gasteiger partial charge in [0, 0.05) is 31.6 Å². The van der Waals surface area contributed by atoms with Gasteiger partial charge in [-0.1, -0.05) is 13.8 Å². The minimum atomic E-state index is 0.269. The van der Waals surface area contributed by atoms with E-state index in [4.69, 9.17) is 0 Å². The van der Waals surface area contributed by atoms with Gasteiger partial charge < -0.3 is 10.2 Å². The largest absolute Gasteiger partial charge is 0.340 e. The maximum Gasteiger partial charge on any atom is 0.226 e. The maximum atomic E-state index is 12.0. The summed E-state index contributed by atoms with van der Waals surface area (Å²) in [6.07, 6.45) is 1.07. The minimum Gasteiger partial charge on any atom is -0.340 e. The van der Waals surface area contributed by atoms with Crippen molar-refractivity contribution in [2.45, 2.75) is 33.2 Å². The summed E-state index contributed by atoms with van der Waals surface area (Å²) in [6, 6.07) is 0.453. The highest BCUT2D eigenvalue weighted by atomic mass is 16.2. The summed E-state index contributed by atoms with van der Waals surface area (Å²) < 4.78 is 0. The van der Waals surface area contributed by atoms with Crippen molar-refractivity contribution in [3.05, 3.63) is 0 Å². The number of carbonyl (C=O) groups excluding carboxylic acids is 1. The Morgan fingerprint density at radius 2 is 2.14 bits per heavy atom. The molecule has 0 radical (unpaired) electrons. The van der Waals surface area contributed by atoms with Gasteiger partial charge in [-0.3, -0.25) is 4.79 Å². The molecule has 2 rings (SSSR count).